The van der Waals surface area contributed by atoms with E-state index in [4.69, 9.17) is 10.8 Å². The Hall–Kier alpha value is -2.92. The molecule has 2 N–H and O–H groups in total. The smallest absolute Gasteiger partial charge is 0.244 e. The minimum atomic E-state index is -0.615. The molecule has 2 aromatic carbocycles. The molecule has 1 aromatic heterocycles. The molecule has 5 heteroatoms. The van der Waals surface area contributed by atoms with Crippen molar-refractivity contribution < 1.29 is 4.79 Å². The highest BCUT2D eigenvalue weighted by molar-refractivity contribution is 5.83. The quantitative estimate of drug-likeness (QED) is 0.781. The van der Waals surface area contributed by atoms with Crippen molar-refractivity contribution >= 4 is 5.91 Å². The largest absolute Gasteiger partial charge is 0.340 e. The number of aromatic nitrogens is 2. The van der Waals surface area contributed by atoms with Crippen LogP contribution in [0.5, 0.6) is 0 Å². The molecule has 0 saturated heterocycles. The average molecular weight is 360 g/mol. The van der Waals surface area contributed by atoms with Crippen molar-refractivity contribution in [1.82, 2.24) is 14.7 Å². The van der Waals surface area contributed by atoms with E-state index in [9.17, 15) is 4.79 Å². The van der Waals surface area contributed by atoms with Gasteiger partial charge in [0.1, 0.15) is 6.04 Å². The molecular formula is C22H24N4O. The van der Waals surface area contributed by atoms with Gasteiger partial charge in [-0.25, -0.2) is 0 Å². The van der Waals surface area contributed by atoms with E-state index in [1.165, 1.54) is 5.56 Å². The SMILES string of the molecule is Cn1nc2c(c1-c1ccccc1)CCN(C(=O)[C@H](N)c1ccccc1)CC2. The molecule has 0 aliphatic carbocycles. The van der Waals surface area contributed by atoms with Crippen molar-refractivity contribution in [2.75, 3.05) is 13.1 Å². The maximum atomic E-state index is 12.9. The van der Waals surface area contributed by atoms with E-state index in [0.29, 0.717) is 13.1 Å². The van der Waals surface area contributed by atoms with E-state index in [1.807, 2.05) is 65.2 Å². The van der Waals surface area contributed by atoms with Crippen LogP contribution in [0.3, 0.4) is 0 Å². The molecule has 27 heavy (non-hydrogen) atoms. The number of amides is 1. The number of hydrogen-bond donors (Lipinski definition) is 1. The Balaban J connectivity index is 1.56. The van der Waals surface area contributed by atoms with E-state index >= 15 is 0 Å². The maximum Gasteiger partial charge on any atom is 0.244 e. The van der Waals surface area contributed by atoms with Crippen molar-refractivity contribution in [3.8, 4) is 11.3 Å². The zero-order valence-electron chi connectivity index (χ0n) is 15.5. The second-order valence-corrected chi connectivity index (χ2v) is 6.98. The lowest BCUT2D eigenvalue weighted by Crippen LogP contribution is -2.40. The third kappa shape index (κ3) is 3.38. The first kappa shape index (κ1) is 17.5. The minimum absolute atomic E-state index is 0.0167. The molecule has 5 nitrogen and oxygen atoms in total. The van der Waals surface area contributed by atoms with Crippen LogP contribution in [0.25, 0.3) is 11.3 Å². The van der Waals surface area contributed by atoms with Gasteiger partial charge in [-0.1, -0.05) is 60.7 Å². The van der Waals surface area contributed by atoms with Crippen LogP contribution < -0.4 is 5.73 Å². The van der Waals surface area contributed by atoms with Gasteiger partial charge in [0.2, 0.25) is 5.91 Å². The number of nitrogens with zero attached hydrogens (tertiary/aromatic N) is 3. The normalized spacial score (nSPS) is 15.1. The van der Waals surface area contributed by atoms with Gasteiger partial charge in [0.25, 0.3) is 0 Å². The van der Waals surface area contributed by atoms with Crippen molar-refractivity contribution in [1.29, 1.82) is 0 Å². The fourth-order valence-corrected chi connectivity index (χ4v) is 3.86. The summed E-state index contributed by atoms with van der Waals surface area (Å²) in [5, 5.41) is 4.73. The van der Waals surface area contributed by atoms with Gasteiger partial charge in [0.15, 0.2) is 0 Å². The van der Waals surface area contributed by atoms with Crippen LogP contribution in [-0.4, -0.2) is 33.7 Å². The molecule has 1 aliphatic rings. The molecular weight excluding hydrogens is 336 g/mol. The van der Waals surface area contributed by atoms with E-state index in [0.717, 1.165) is 35.4 Å². The lowest BCUT2D eigenvalue weighted by Gasteiger charge is -2.24. The van der Waals surface area contributed by atoms with Gasteiger partial charge in [-0.2, -0.15) is 5.10 Å². The molecule has 1 aliphatic heterocycles. The van der Waals surface area contributed by atoms with Crippen LogP contribution in [0.1, 0.15) is 22.9 Å². The van der Waals surface area contributed by atoms with Crippen LogP contribution in [0.4, 0.5) is 0 Å². The Morgan fingerprint density at radius 2 is 1.63 bits per heavy atom. The first-order valence-electron chi connectivity index (χ1n) is 9.34. The molecule has 4 rings (SSSR count). The molecule has 0 saturated carbocycles. The monoisotopic (exact) mass is 360 g/mol. The highest BCUT2D eigenvalue weighted by Crippen LogP contribution is 2.29. The molecule has 1 atom stereocenters. The number of nitrogens with two attached hydrogens (primary N) is 1. The Morgan fingerprint density at radius 1 is 1.00 bits per heavy atom. The molecule has 138 valence electrons. The topological polar surface area (TPSA) is 64.2 Å². The summed E-state index contributed by atoms with van der Waals surface area (Å²) in [6.45, 7) is 1.31. The first-order valence-corrected chi connectivity index (χ1v) is 9.34. The van der Waals surface area contributed by atoms with E-state index in [1.54, 1.807) is 0 Å². The lowest BCUT2D eigenvalue weighted by molar-refractivity contribution is -0.132. The summed E-state index contributed by atoms with van der Waals surface area (Å²) < 4.78 is 1.97. The Labute approximate surface area is 159 Å². The number of hydrogen-bond acceptors (Lipinski definition) is 3. The van der Waals surface area contributed by atoms with Crippen LogP contribution in [0.15, 0.2) is 60.7 Å². The summed E-state index contributed by atoms with van der Waals surface area (Å²) in [5.41, 5.74) is 11.7. The zero-order valence-corrected chi connectivity index (χ0v) is 15.5. The highest BCUT2D eigenvalue weighted by atomic mass is 16.2. The number of aryl methyl sites for hydroxylation is 1. The van der Waals surface area contributed by atoms with Crippen LogP contribution in [-0.2, 0) is 24.7 Å². The number of benzene rings is 2. The van der Waals surface area contributed by atoms with Crippen LogP contribution >= 0.6 is 0 Å². The zero-order chi connectivity index (χ0) is 18.8. The number of fused-ring (bicyclic) bond motifs is 1. The molecule has 3 aromatic rings. The summed E-state index contributed by atoms with van der Waals surface area (Å²) in [4.78, 5) is 14.8. The van der Waals surface area contributed by atoms with Gasteiger partial charge in [-0.15, -0.1) is 0 Å². The predicted molar refractivity (Wildman–Crippen MR) is 106 cm³/mol. The molecule has 2 heterocycles. The highest BCUT2D eigenvalue weighted by Gasteiger charge is 2.27. The average Bonchev–Trinajstić information content (AvgIpc) is 2.89. The Kier molecular flexibility index (Phi) is 4.77. The second-order valence-electron chi connectivity index (χ2n) is 6.98. The van der Waals surface area contributed by atoms with Gasteiger partial charge >= 0.3 is 0 Å². The van der Waals surface area contributed by atoms with E-state index in [-0.39, 0.29) is 5.91 Å². The summed E-state index contributed by atoms with van der Waals surface area (Å²) in [5.74, 6) is -0.0167. The van der Waals surface area contributed by atoms with Gasteiger partial charge in [-0.3, -0.25) is 9.48 Å². The molecule has 0 bridgehead atoms. The third-order valence-corrected chi connectivity index (χ3v) is 5.26. The number of carbonyl (C=O) groups is 1. The van der Waals surface area contributed by atoms with Crippen molar-refractivity contribution in [3.63, 3.8) is 0 Å². The summed E-state index contributed by atoms with van der Waals surface area (Å²) in [6.07, 6.45) is 1.55. The van der Waals surface area contributed by atoms with Gasteiger partial charge < -0.3 is 10.6 Å². The molecule has 0 unspecified atom stereocenters. The Morgan fingerprint density at radius 3 is 2.33 bits per heavy atom. The minimum Gasteiger partial charge on any atom is -0.340 e. The fourth-order valence-electron chi connectivity index (χ4n) is 3.86. The van der Waals surface area contributed by atoms with Crippen LogP contribution in [0, 0.1) is 0 Å². The van der Waals surface area contributed by atoms with Gasteiger partial charge in [-0.05, 0) is 12.0 Å². The predicted octanol–water partition coefficient (Wildman–Crippen LogP) is 2.71. The molecule has 0 spiro atoms. The standard InChI is InChI=1S/C22H24N4O/c1-25-21(17-10-6-3-7-11-17)18-12-14-26(15-13-19(18)24-25)22(27)20(23)16-8-4-2-5-9-16/h2-11,20H,12-15,23H2,1H3/t20-/m1/s1. The van der Waals surface area contributed by atoms with Gasteiger partial charge in [0, 0.05) is 37.7 Å². The van der Waals surface area contributed by atoms with Crippen LogP contribution in [0.2, 0.25) is 0 Å². The van der Waals surface area contributed by atoms with Crippen molar-refractivity contribution in [2.45, 2.75) is 18.9 Å². The first-order chi connectivity index (χ1) is 13.1. The third-order valence-electron chi connectivity index (χ3n) is 5.26. The number of carbonyl (C=O) groups excluding carboxylic acids is 1. The lowest BCUT2D eigenvalue weighted by atomic mass is 10.0. The fraction of sp³-hybridized carbons (Fsp3) is 0.273. The van der Waals surface area contributed by atoms with Crippen molar-refractivity contribution in [3.05, 3.63) is 77.5 Å². The van der Waals surface area contributed by atoms with Gasteiger partial charge in [0.05, 0.1) is 11.4 Å². The number of rotatable bonds is 3. The summed E-state index contributed by atoms with van der Waals surface area (Å²) in [6, 6.07) is 19.3. The molecule has 0 fully saturated rings. The van der Waals surface area contributed by atoms with E-state index < -0.39 is 6.04 Å². The molecule has 1 amide bonds. The Bertz CT molecular complexity index is 934. The summed E-state index contributed by atoms with van der Waals surface area (Å²) in [7, 11) is 1.99. The summed E-state index contributed by atoms with van der Waals surface area (Å²) >= 11 is 0. The van der Waals surface area contributed by atoms with Crippen molar-refractivity contribution in [2.24, 2.45) is 12.8 Å². The van der Waals surface area contributed by atoms with E-state index in [2.05, 4.69) is 12.1 Å². The second kappa shape index (κ2) is 7.37. The molecule has 0 radical (unpaired) electrons. The maximum absolute atomic E-state index is 12.9.